The summed E-state index contributed by atoms with van der Waals surface area (Å²) < 4.78 is 30.2. The normalized spacial score (nSPS) is 11.0. The van der Waals surface area contributed by atoms with Crippen molar-refractivity contribution in [3.63, 3.8) is 0 Å². The van der Waals surface area contributed by atoms with Crippen molar-refractivity contribution in [2.24, 2.45) is 0 Å². The molecular weight excluding hydrogens is 500 g/mol. The third-order valence-corrected chi connectivity index (χ3v) is 6.49. The van der Waals surface area contributed by atoms with Gasteiger partial charge in [0.15, 0.2) is 0 Å². The number of benzene rings is 1. The van der Waals surface area contributed by atoms with Crippen molar-refractivity contribution in [1.82, 2.24) is 20.0 Å². The monoisotopic (exact) mass is 522 g/mol. The van der Waals surface area contributed by atoms with E-state index in [1.54, 1.807) is 24.4 Å². The molecule has 4 aromatic rings. The van der Waals surface area contributed by atoms with E-state index in [1.165, 1.54) is 23.6 Å². The van der Waals surface area contributed by atoms with Crippen molar-refractivity contribution in [1.29, 1.82) is 0 Å². The van der Waals surface area contributed by atoms with E-state index in [1.807, 2.05) is 47.2 Å². The lowest BCUT2D eigenvalue weighted by atomic mass is 10.1. The SMILES string of the molecule is CS(=O)(=O)NC(=O)c1cc(Oc2cccc(CCNC(=O)c3ccc(-c4ccccn4)s3)c2)ccn1. The molecule has 0 aliphatic rings. The van der Waals surface area contributed by atoms with E-state index >= 15 is 0 Å². The van der Waals surface area contributed by atoms with Gasteiger partial charge in [0.05, 0.1) is 21.7 Å². The molecule has 3 aromatic heterocycles. The van der Waals surface area contributed by atoms with Crippen LogP contribution in [0.1, 0.15) is 25.7 Å². The highest BCUT2D eigenvalue weighted by atomic mass is 32.2. The summed E-state index contributed by atoms with van der Waals surface area (Å²) in [5, 5.41) is 2.93. The largest absolute Gasteiger partial charge is 0.457 e. The second kappa shape index (κ2) is 11.1. The predicted octanol–water partition coefficient (Wildman–Crippen LogP) is 3.66. The topological polar surface area (TPSA) is 127 Å². The molecule has 2 N–H and O–H groups in total. The Morgan fingerprint density at radius 1 is 0.917 bits per heavy atom. The molecule has 0 unspecified atom stereocenters. The number of rotatable bonds is 9. The van der Waals surface area contributed by atoms with Crippen LogP contribution in [0.15, 0.2) is 79.1 Å². The van der Waals surface area contributed by atoms with Crippen molar-refractivity contribution in [3.05, 3.63) is 95.3 Å². The maximum absolute atomic E-state index is 12.5. The molecule has 0 saturated heterocycles. The quantitative estimate of drug-likeness (QED) is 0.343. The van der Waals surface area contributed by atoms with Crippen molar-refractivity contribution < 1.29 is 22.7 Å². The Bertz CT molecular complexity index is 1490. The molecule has 11 heteroatoms. The molecule has 0 radical (unpaired) electrons. The van der Waals surface area contributed by atoms with Crippen molar-refractivity contribution in [2.75, 3.05) is 12.8 Å². The molecule has 36 heavy (non-hydrogen) atoms. The molecule has 0 spiro atoms. The highest BCUT2D eigenvalue weighted by Crippen LogP contribution is 2.26. The zero-order chi connectivity index (χ0) is 25.5. The van der Waals surface area contributed by atoms with E-state index in [2.05, 4.69) is 15.3 Å². The van der Waals surface area contributed by atoms with Crippen LogP contribution in [0.25, 0.3) is 10.6 Å². The number of carbonyl (C=O) groups is 2. The maximum Gasteiger partial charge on any atom is 0.283 e. The second-order valence-electron chi connectivity index (χ2n) is 7.71. The number of nitrogens with zero attached hydrogens (tertiary/aromatic N) is 2. The number of sulfonamides is 1. The Balaban J connectivity index is 1.33. The first-order chi connectivity index (χ1) is 17.3. The summed E-state index contributed by atoms with van der Waals surface area (Å²) in [6.07, 6.45) is 4.55. The maximum atomic E-state index is 12.5. The summed E-state index contributed by atoms with van der Waals surface area (Å²) in [7, 11) is -3.71. The first-order valence-corrected chi connectivity index (χ1v) is 13.5. The van der Waals surface area contributed by atoms with E-state index in [9.17, 15) is 18.0 Å². The summed E-state index contributed by atoms with van der Waals surface area (Å²) in [5.41, 5.74) is 1.68. The molecule has 3 heterocycles. The highest BCUT2D eigenvalue weighted by molar-refractivity contribution is 7.89. The average molecular weight is 523 g/mol. The van der Waals surface area contributed by atoms with Gasteiger partial charge in [0.25, 0.3) is 11.8 Å². The smallest absolute Gasteiger partial charge is 0.283 e. The molecule has 4 rings (SSSR count). The highest BCUT2D eigenvalue weighted by Gasteiger charge is 2.14. The van der Waals surface area contributed by atoms with Crippen LogP contribution in [0.2, 0.25) is 0 Å². The van der Waals surface area contributed by atoms with Crippen LogP contribution in [-0.4, -0.2) is 43.0 Å². The molecule has 2 amide bonds. The molecule has 9 nitrogen and oxygen atoms in total. The van der Waals surface area contributed by atoms with Crippen LogP contribution >= 0.6 is 11.3 Å². The lowest BCUT2D eigenvalue weighted by molar-refractivity contribution is 0.0954. The van der Waals surface area contributed by atoms with Crippen LogP contribution in [0.4, 0.5) is 0 Å². The Labute approximate surface area is 212 Å². The molecule has 1 aromatic carbocycles. The minimum Gasteiger partial charge on any atom is -0.457 e. The Hall–Kier alpha value is -4.09. The standard InChI is InChI=1S/C25H22N4O5S2/c1-36(32,33)29-24(30)21-16-19(11-14-27-21)34-18-6-4-5-17(15-18)10-13-28-25(31)23-9-8-22(35-23)20-7-2-3-12-26-20/h2-9,11-12,14-16H,10,13H2,1H3,(H,28,31)(H,29,30). The third-order valence-electron chi connectivity index (χ3n) is 4.82. The summed E-state index contributed by atoms with van der Waals surface area (Å²) in [6, 6.07) is 19.6. The number of pyridine rings is 2. The van der Waals surface area contributed by atoms with Gasteiger partial charge in [-0.25, -0.2) is 13.1 Å². The molecule has 0 atom stereocenters. The average Bonchev–Trinajstić information content (AvgIpc) is 3.35. The number of hydrogen-bond donors (Lipinski definition) is 2. The zero-order valence-corrected chi connectivity index (χ0v) is 20.8. The van der Waals surface area contributed by atoms with E-state index in [0.29, 0.717) is 29.3 Å². The number of amides is 2. The Morgan fingerprint density at radius 2 is 1.75 bits per heavy atom. The van der Waals surface area contributed by atoms with Gasteiger partial charge in [-0.15, -0.1) is 11.3 Å². The second-order valence-corrected chi connectivity index (χ2v) is 10.5. The molecule has 0 fully saturated rings. The van der Waals surface area contributed by atoms with Gasteiger partial charge in [-0.3, -0.25) is 19.6 Å². The molecule has 0 aliphatic carbocycles. The van der Waals surface area contributed by atoms with Gasteiger partial charge in [-0.2, -0.15) is 0 Å². The Kier molecular flexibility index (Phi) is 7.71. The molecule has 184 valence electrons. The van der Waals surface area contributed by atoms with Crippen molar-refractivity contribution in [2.45, 2.75) is 6.42 Å². The van der Waals surface area contributed by atoms with Crippen molar-refractivity contribution >= 4 is 33.2 Å². The Morgan fingerprint density at radius 3 is 2.53 bits per heavy atom. The van der Waals surface area contributed by atoms with Gasteiger partial charge in [0.1, 0.15) is 17.2 Å². The number of ether oxygens (including phenoxy) is 1. The molecule has 0 bridgehead atoms. The lowest BCUT2D eigenvalue weighted by Crippen LogP contribution is -2.29. The van der Waals surface area contributed by atoms with E-state index in [0.717, 1.165) is 22.4 Å². The number of carbonyl (C=O) groups excluding carboxylic acids is 2. The van der Waals surface area contributed by atoms with Gasteiger partial charge < -0.3 is 10.1 Å². The number of hydrogen-bond acceptors (Lipinski definition) is 8. The number of aromatic nitrogens is 2. The van der Waals surface area contributed by atoms with Gasteiger partial charge >= 0.3 is 0 Å². The predicted molar refractivity (Wildman–Crippen MR) is 137 cm³/mol. The minimum absolute atomic E-state index is 0.0865. The lowest BCUT2D eigenvalue weighted by Gasteiger charge is -2.09. The fourth-order valence-corrected chi connectivity index (χ4v) is 4.57. The number of thiophene rings is 1. The van der Waals surface area contributed by atoms with Gasteiger partial charge in [0.2, 0.25) is 10.0 Å². The van der Waals surface area contributed by atoms with E-state index in [-0.39, 0.29) is 11.6 Å². The van der Waals surface area contributed by atoms with Crippen LogP contribution in [-0.2, 0) is 16.4 Å². The van der Waals surface area contributed by atoms with Gasteiger partial charge in [-0.05, 0) is 54.4 Å². The van der Waals surface area contributed by atoms with Gasteiger partial charge in [-0.1, -0.05) is 18.2 Å². The minimum atomic E-state index is -3.71. The molecule has 0 saturated carbocycles. The van der Waals surface area contributed by atoms with Gasteiger partial charge in [0, 0.05) is 25.0 Å². The summed E-state index contributed by atoms with van der Waals surface area (Å²) in [5.74, 6) is -0.134. The zero-order valence-electron chi connectivity index (χ0n) is 19.2. The number of nitrogens with one attached hydrogen (secondary N) is 2. The third kappa shape index (κ3) is 6.96. The molecule has 0 aliphatic heterocycles. The van der Waals surface area contributed by atoms with Crippen LogP contribution in [0.3, 0.4) is 0 Å². The fourth-order valence-electron chi connectivity index (χ4n) is 3.23. The summed E-state index contributed by atoms with van der Waals surface area (Å²) >= 11 is 1.39. The van der Waals surface area contributed by atoms with Crippen LogP contribution in [0, 0.1) is 0 Å². The van der Waals surface area contributed by atoms with E-state index < -0.39 is 15.9 Å². The summed E-state index contributed by atoms with van der Waals surface area (Å²) in [4.78, 5) is 34.3. The van der Waals surface area contributed by atoms with Crippen molar-refractivity contribution in [3.8, 4) is 22.1 Å². The first kappa shape index (κ1) is 25.0. The van der Waals surface area contributed by atoms with Crippen LogP contribution < -0.4 is 14.8 Å². The van der Waals surface area contributed by atoms with Crippen LogP contribution in [0.5, 0.6) is 11.5 Å². The summed E-state index contributed by atoms with van der Waals surface area (Å²) in [6.45, 7) is 0.435. The van der Waals surface area contributed by atoms with E-state index in [4.69, 9.17) is 4.74 Å². The fraction of sp³-hybridized carbons (Fsp3) is 0.120. The molecular formula is C25H22N4O5S2. The first-order valence-electron chi connectivity index (χ1n) is 10.8.